The minimum atomic E-state index is -0.931. The largest absolute Gasteiger partial charge is 0.379 e. The van der Waals surface area contributed by atoms with Crippen molar-refractivity contribution in [2.75, 3.05) is 13.6 Å². The van der Waals surface area contributed by atoms with Gasteiger partial charge in [-0.2, -0.15) is 0 Å². The molecular formula is C19H21ClFN3O3. The smallest absolute Gasteiger partial charge is 0.251 e. The maximum absolute atomic E-state index is 14.3. The van der Waals surface area contributed by atoms with Gasteiger partial charge in [-0.25, -0.2) is 4.39 Å². The first-order valence-electron chi connectivity index (χ1n) is 8.31. The van der Waals surface area contributed by atoms with Gasteiger partial charge in [0.1, 0.15) is 18.1 Å². The van der Waals surface area contributed by atoms with Crippen molar-refractivity contribution in [2.24, 2.45) is 0 Å². The summed E-state index contributed by atoms with van der Waals surface area (Å²) in [4.78, 5) is 24.5. The highest BCUT2D eigenvalue weighted by atomic mass is 35.5. The maximum atomic E-state index is 14.3. The van der Waals surface area contributed by atoms with E-state index in [9.17, 15) is 19.1 Å². The van der Waals surface area contributed by atoms with Crippen molar-refractivity contribution < 1.29 is 19.1 Å². The Kier molecular flexibility index (Phi) is 7.29. The van der Waals surface area contributed by atoms with E-state index in [2.05, 4.69) is 16.0 Å². The molecule has 6 nitrogen and oxygen atoms in total. The summed E-state index contributed by atoms with van der Waals surface area (Å²) in [6.45, 7) is 1.41. The zero-order valence-electron chi connectivity index (χ0n) is 14.9. The number of nitrogens with one attached hydrogen (secondary N) is 3. The lowest BCUT2D eigenvalue weighted by Gasteiger charge is -2.20. The minimum Gasteiger partial charge on any atom is -0.379 e. The average Bonchev–Trinajstić information content (AvgIpc) is 2.64. The third-order valence-corrected chi connectivity index (χ3v) is 4.10. The van der Waals surface area contributed by atoms with E-state index >= 15 is 0 Å². The number of carbonyl (C=O) groups is 2. The van der Waals surface area contributed by atoms with Crippen LogP contribution in [-0.4, -0.2) is 42.8 Å². The Bertz CT molecular complexity index is 830. The molecule has 0 aliphatic carbocycles. The molecule has 27 heavy (non-hydrogen) atoms. The van der Waals surface area contributed by atoms with Gasteiger partial charge in [0.05, 0.1) is 0 Å². The van der Waals surface area contributed by atoms with E-state index in [1.807, 2.05) is 0 Å². The standard InChI is InChI=1S/C19H21ClFN3O3/c1-11(25)24-17(19(27)22-2)10-23-18(26)15-6-4-3-5-13(15)14-8-7-12(20)9-16(14)21/h3-9,11,17,24-25H,10H2,1-2H3,(H,22,27)(H,23,26)/t11?,17-/m1/s1. The number of amides is 2. The second kappa shape index (κ2) is 9.45. The van der Waals surface area contributed by atoms with Crippen LogP contribution in [0.3, 0.4) is 0 Å². The van der Waals surface area contributed by atoms with Crippen molar-refractivity contribution in [1.82, 2.24) is 16.0 Å². The highest BCUT2D eigenvalue weighted by molar-refractivity contribution is 6.30. The summed E-state index contributed by atoms with van der Waals surface area (Å²) >= 11 is 5.79. The van der Waals surface area contributed by atoms with Gasteiger partial charge in [-0.1, -0.05) is 29.8 Å². The van der Waals surface area contributed by atoms with Crippen molar-refractivity contribution in [3.63, 3.8) is 0 Å². The Balaban J connectivity index is 2.23. The summed E-state index contributed by atoms with van der Waals surface area (Å²) in [5.74, 6) is -1.39. The highest BCUT2D eigenvalue weighted by Gasteiger charge is 2.21. The Morgan fingerprint density at radius 2 is 1.89 bits per heavy atom. The zero-order valence-corrected chi connectivity index (χ0v) is 15.7. The van der Waals surface area contributed by atoms with Crippen molar-refractivity contribution in [3.05, 3.63) is 58.9 Å². The van der Waals surface area contributed by atoms with E-state index in [1.54, 1.807) is 30.3 Å². The number of halogens is 2. The summed E-state index contributed by atoms with van der Waals surface area (Å²) in [5.41, 5.74) is 0.908. The molecule has 2 amide bonds. The Morgan fingerprint density at radius 3 is 2.52 bits per heavy atom. The first kappa shape index (κ1) is 20.8. The molecule has 2 aromatic carbocycles. The molecule has 8 heteroatoms. The minimum absolute atomic E-state index is 0.0547. The summed E-state index contributed by atoms with van der Waals surface area (Å²) in [5, 5.41) is 17.4. The highest BCUT2D eigenvalue weighted by Crippen LogP contribution is 2.28. The second-order valence-electron chi connectivity index (χ2n) is 5.89. The maximum Gasteiger partial charge on any atom is 0.251 e. The normalized spacial score (nSPS) is 12.9. The molecule has 4 N–H and O–H groups in total. The van der Waals surface area contributed by atoms with E-state index in [-0.39, 0.29) is 28.6 Å². The van der Waals surface area contributed by atoms with Crippen LogP contribution < -0.4 is 16.0 Å². The summed E-state index contributed by atoms with van der Waals surface area (Å²) in [7, 11) is 1.46. The van der Waals surface area contributed by atoms with Gasteiger partial charge in [-0.15, -0.1) is 0 Å². The van der Waals surface area contributed by atoms with Crippen LogP contribution in [0.5, 0.6) is 0 Å². The van der Waals surface area contributed by atoms with Crippen molar-refractivity contribution in [1.29, 1.82) is 0 Å². The molecule has 0 fully saturated rings. The molecule has 0 aromatic heterocycles. The lowest BCUT2D eigenvalue weighted by atomic mass is 9.98. The molecule has 1 unspecified atom stereocenters. The molecule has 0 spiro atoms. The number of hydrogen-bond acceptors (Lipinski definition) is 4. The van der Waals surface area contributed by atoms with Crippen LogP contribution in [-0.2, 0) is 4.79 Å². The average molecular weight is 394 g/mol. The number of carbonyl (C=O) groups excluding carboxylic acids is 2. The first-order valence-corrected chi connectivity index (χ1v) is 8.69. The lowest BCUT2D eigenvalue weighted by Crippen LogP contribution is -2.52. The topological polar surface area (TPSA) is 90.5 Å². The molecule has 2 aromatic rings. The van der Waals surface area contributed by atoms with Crippen molar-refractivity contribution >= 4 is 23.4 Å². The lowest BCUT2D eigenvalue weighted by molar-refractivity contribution is -0.123. The predicted octanol–water partition coefficient (Wildman–Crippen LogP) is 1.92. The van der Waals surface area contributed by atoms with Crippen LogP contribution >= 0.6 is 11.6 Å². The van der Waals surface area contributed by atoms with Crippen LogP contribution in [0.1, 0.15) is 17.3 Å². The van der Waals surface area contributed by atoms with Gasteiger partial charge in [0.15, 0.2) is 0 Å². The Morgan fingerprint density at radius 1 is 1.19 bits per heavy atom. The van der Waals surface area contributed by atoms with Gasteiger partial charge in [-0.3, -0.25) is 14.9 Å². The Labute approximate surface area is 161 Å². The molecule has 0 heterocycles. The van der Waals surface area contributed by atoms with Gasteiger partial charge in [0.2, 0.25) is 5.91 Å². The molecule has 0 saturated carbocycles. The van der Waals surface area contributed by atoms with Gasteiger partial charge in [0.25, 0.3) is 5.91 Å². The fourth-order valence-electron chi connectivity index (χ4n) is 2.61. The molecule has 2 atom stereocenters. The number of benzene rings is 2. The van der Waals surface area contributed by atoms with Gasteiger partial charge >= 0.3 is 0 Å². The summed E-state index contributed by atoms with van der Waals surface area (Å²) < 4.78 is 14.3. The monoisotopic (exact) mass is 393 g/mol. The van der Waals surface area contributed by atoms with Crippen LogP contribution in [0.2, 0.25) is 5.02 Å². The Hall–Kier alpha value is -2.48. The van der Waals surface area contributed by atoms with E-state index < -0.39 is 24.0 Å². The molecule has 0 bridgehead atoms. The van der Waals surface area contributed by atoms with Crippen LogP contribution in [0.4, 0.5) is 4.39 Å². The van der Waals surface area contributed by atoms with Gasteiger partial charge in [-0.05, 0) is 36.8 Å². The molecular weight excluding hydrogens is 373 g/mol. The molecule has 0 radical (unpaired) electrons. The van der Waals surface area contributed by atoms with E-state index in [4.69, 9.17) is 11.6 Å². The summed E-state index contributed by atoms with van der Waals surface area (Å²) in [6, 6.07) is 9.97. The number of aliphatic hydroxyl groups is 1. The fraction of sp³-hybridized carbons (Fsp3) is 0.263. The third-order valence-electron chi connectivity index (χ3n) is 3.87. The van der Waals surface area contributed by atoms with Crippen molar-refractivity contribution in [3.8, 4) is 11.1 Å². The van der Waals surface area contributed by atoms with Crippen LogP contribution in [0.15, 0.2) is 42.5 Å². The quantitative estimate of drug-likeness (QED) is 0.541. The number of hydrogen-bond donors (Lipinski definition) is 4. The van der Waals surface area contributed by atoms with E-state index in [0.717, 1.165) is 0 Å². The summed E-state index contributed by atoms with van der Waals surface area (Å²) in [6.07, 6.45) is -0.931. The molecule has 144 valence electrons. The number of likely N-dealkylation sites (N-methyl/N-ethyl adjacent to an activating group) is 1. The first-order chi connectivity index (χ1) is 12.8. The molecule has 0 saturated heterocycles. The number of rotatable bonds is 7. The van der Waals surface area contributed by atoms with Gasteiger partial charge < -0.3 is 15.7 Å². The zero-order chi connectivity index (χ0) is 20.0. The van der Waals surface area contributed by atoms with Crippen LogP contribution in [0, 0.1) is 5.82 Å². The second-order valence-corrected chi connectivity index (χ2v) is 6.33. The van der Waals surface area contributed by atoms with Crippen LogP contribution in [0.25, 0.3) is 11.1 Å². The molecule has 2 rings (SSSR count). The van der Waals surface area contributed by atoms with Gasteiger partial charge in [0, 0.05) is 29.7 Å². The molecule has 0 aliphatic heterocycles. The van der Waals surface area contributed by atoms with E-state index in [0.29, 0.717) is 5.56 Å². The predicted molar refractivity (Wildman–Crippen MR) is 102 cm³/mol. The fourth-order valence-corrected chi connectivity index (χ4v) is 2.77. The third kappa shape index (κ3) is 5.50. The number of aliphatic hydroxyl groups excluding tert-OH is 1. The van der Waals surface area contributed by atoms with Crippen molar-refractivity contribution in [2.45, 2.75) is 19.2 Å². The molecule has 0 aliphatic rings. The SMILES string of the molecule is CNC(=O)[C@@H](CNC(=O)c1ccccc1-c1ccc(Cl)cc1F)NC(C)O. The van der Waals surface area contributed by atoms with E-state index in [1.165, 1.54) is 26.1 Å².